The average molecular weight is 264 g/mol. The van der Waals surface area contributed by atoms with Gasteiger partial charge in [0, 0.05) is 12.3 Å². The van der Waals surface area contributed by atoms with E-state index >= 15 is 0 Å². The van der Waals surface area contributed by atoms with E-state index in [-0.39, 0.29) is 18.1 Å². The van der Waals surface area contributed by atoms with Crippen LogP contribution in [-0.4, -0.2) is 31.8 Å². The van der Waals surface area contributed by atoms with Crippen molar-refractivity contribution in [3.05, 3.63) is 23.8 Å². The Morgan fingerprint density at radius 1 is 1.58 bits per heavy atom. The van der Waals surface area contributed by atoms with Crippen LogP contribution in [0.25, 0.3) is 0 Å². The smallest absolute Gasteiger partial charge is 0.253 e. The number of nitrogens with two attached hydrogens (primary N) is 1. The Morgan fingerprint density at radius 3 is 3.00 bits per heavy atom. The minimum absolute atomic E-state index is 0.0272. The molecule has 5 heteroatoms. The van der Waals surface area contributed by atoms with Crippen molar-refractivity contribution >= 4 is 11.6 Å². The Hall–Kier alpha value is -1.75. The van der Waals surface area contributed by atoms with E-state index in [2.05, 4.69) is 5.32 Å². The van der Waals surface area contributed by atoms with E-state index in [0.29, 0.717) is 17.0 Å². The third-order valence-corrected chi connectivity index (χ3v) is 3.39. The Kier molecular flexibility index (Phi) is 4.27. The maximum absolute atomic E-state index is 12.2. The van der Waals surface area contributed by atoms with Gasteiger partial charge in [0.1, 0.15) is 5.75 Å². The number of methoxy groups -OCH3 is 1. The first-order valence-corrected chi connectivity index (χ1v) is 6.48. The number of nitrogen functional groups attached to an aromatic ring is 1. The number of carbonyl (C=O) groups is 1. The number of amides is 1. The van der Waals surface area contributed by atoms with Crippen LogP contribution in [-0.2, 0) is 4.74 Å². The average Bonchev–Trinajstić information content (AvgIpc) is 2.93. The van der Waals surface area contributed by atoms with Gasteiger partial charge in [0.2, 0.25) is 0 Å². The lowest BCUT2D eigenvalue weighted by Gasteiger charge is -2.20. The SMILES string of the molecule is COc1ccc(N)c(C(=O)NC(C)C2CCCO2)c1. The summed E-state index contributed by atoms with van der Waals surface area (Å²) in [7, 11) is 1.56. The molecular weight excluding hydrogens is 244 g/mol. The van der Waals surface area contributed by atoms with Crippen LogP contribution in [0.4, 0.5) is 5.69 Å². The second-order valence-corrected chi connectivity index (χ2v) is 4.77. The number of rotatable bonds is 4. The van der Waals surface area contributed by atoms with E-state index in [1.54, 1.807) is 25.3 Å². The topological polar surface area (TPSA) is 73.6 Å². The summed E-state index contributed by atoms with van der Waals surface area (Å²) in [5, 5.41) is 2.93. The molecule has 2 unspecified atom stereocenters. The zero-order valence-electron chi connectivity index (χ0n) is 11.3. The van der Waals surface area contributed by atoms with Gasteiger partial charge in [-0.05, 0) is 38.0 Å². The molecule has 5 nitrogen and oxygen atoms in total. The largest absolute Gasteiger partial charge is 0.497 e. The molecule has 1 aromatic rings. The van der Waals surface area contributed by atoms with Gasteiger partial charge in [-0.2, -0.15) is 0 Å². The van der Waals surface area contributed by atoms with Gasteiger partial charge in [0.15, 0.2) is 0 Å². The second-order valence-electron chi connectivity index (χ2n) is 4.77. The van der Waals surface area contributed by atoms with E-state index in [0.717, 1.165) is 19.4 Å². The first kappa shape index (κ1) is 13.7. The number of ether oxygens (including phenoxy) is 2. The lowest BCUT2D eigenvalue weighted by molar-refractivity contribution is 0.0712. The van der Waals surface area contributed by atoms with E-state index < -0.39 is 0 Å². The zero-order valence-corrected chi connectivity index (χ0v) is 11.3. The standard InChI is InChI=1S/C14H20N2O3/c1-9(13-4-3-7-19-13)16-14(17)11-8-10(18-2)5-6-12(11)15/h5-6,8-9,13H,3-4,7,15H2,1-2H3,(H,16,17). The summed E-state index contributed by atoms with van der Waals surface area (Å²) >= 11 is 0. The van der Waals surface area contributed by atoms with E-state index in [1.165, 1.54) is 0 Å². The van der Waals surface area contributed by atoms with Crippen LogP contribution in [0.1, 0.15) is 30.1 Å². The quantitative estimate of drug-likeness (QED) is 0.810. The van der Waals surface area contributed by atoms with E-state index in [9.17, 15) is 4.79 Å². The van der Waals surface area contributed by atoms with E-state index in [1.807, 2.05) is 6.92 Å². The molecule has 0 radical (unpaired) electrons. The number of hydrogen-bond acceptors (Lipinski definition) is 4. The third kappa shape index (κ3) is 3.17. The van der Waals surface area contributed by atoms with Gasteiger partial charge in [-0.25, -0.2) is 0 Å². The van der Waals surface area contributed by atoms with Gasteiger partial charge in [-0.15, -0.1) is 0 Å². The minimum Gasteiger partial charge on any atom is -0.497 e. The molecule has 19 heavy (non-hydrogen) atoms. The molecule has 0 spiro atoms. The highest BCUT2D eigenvalue weighted by Crippen LogP contribution is 2.20. The lowest BCUT2D eigenvalue weighted by Crippen LogP contribution is -2.41. The molecule has 1 amide bonds. The molecule has 1 saturated heterocycles. The van der Waals surface area contributed by atoms with Crippen LogP contribution < -0.4 is 15.8 Å². The number of benzene rings is 1. The summed E-state index contributed by atoms with van der Waals surface area (Å²) in [4.78, 5) is 12.2. The molecular formula is C14H20N2O3. The monoisotopic (exact) mass is 264 g/mol. The lowest BCUT2D eigenvalue weighted by atomic mass is 10.1. The second kappa shape index (κ2) is 5.93. The highest BCUT2D eigenvalue weighted by Gasteiger charge is 2.24. The van der Waals surface area contributed by atoms with Crippen molar-refractivity contribution in [1.82, 2.24) is 5.32 Å². The Morgan fingerprint density at radius 2 is 2.37 bits per heavy atom. The van der Waals surface area contributed by atoms with Crippen molar-refractivity contribution in [2.45, 2.75) is 31.9 Å². The normalized spacial score (nSPS) is 20.0. The summed E-state index contributed by atoms with van der Waals surface area (Å²) in [6.07, 6.45) is 2.12. The fourth-order valence-electron chi connectivity index (χ4n) is 2.23. The number of hydrogen-bond donors (Lipinski definition) is 2. The molecule has 0 saturated carbocycles. The van der Waals surface area contributed by atoms with Crippen molar-refractivity contribution in [2.24, 2.45) is 0 Å². The molecule has 104 valence electrons. The molecule has 2 rings (SSSR count). The highest BCUT2D eigenvalue weighted by atomic mass is 16.5. The number of anilines is 1. The van der Waals surface area contributed by atoms with Crippen molar-refractivity contribution < 1.29 is 14.3 Å². The fourth-order valence-corrected chi connectivity index (χ4v) is 2.23. The summed E-state index contributed by atoms with van der Waals surface area (Å²) in [6, 6.07) is 5.02. The van der Waals surface area contributed by atoms with Crippen LogP contribution >= 0.6 is 0 Å². The van der Waals surface area contributed by atoms with Gasteiger partial charge in [0.25, 0.3) is 5.91 Å². The van der Waals surface area contributed by atoms with Crippen molar-refractivity contribution in [1.29, 1.82) is 0 Å². The predicted molar refractivity (Wildman–Crippen MR) is 73.3 cm³/mol. The molecule has 1 aliphatic heterocycles. The highest BCUT2D eigenvalue weighted by molar-refractivity contribution is 5.99. The van der Waals surface area contributed by atoms with Gasteiger partial charge >= 0.3 is 0 Å². The number of nitrogens with one attached hydrogen (secondary N) is 1. The molecule has 1 fully saturated rings. The molecule has 2 atom stereocenters. The Bertz CT molecular complexity index is 456. The number of carbonyl (C=O) groups excluding carboxylic acids is 1. The van der Waals surface area contributed by atoms with Crippen molar-refractivity contribution in [3.63, 3.8) is 0 Å². The van der Waals surface area contributed by atoms with Crippen molar-refractivity contribution in [2.75, 3.05) is 19.5 Å². The van der Waals surface area contributed by atoms with Crippen LogP contribution in [0.3, 0.4) is 0 Å². The zero-order chi connectivity index (χ0) is 13.8. The summed E-state index contributed by atoms with van der Waals surface area (Å²) < 4.78 is 10.7. The van der Waals surface area contributed by atoms with Gasteiger partial charge < -0.3 is 20.5 Å². The van der Waals surface area contributed by atoms with E-state index in [4.69, 9.17) is 15.2 Å². The summed E-state index contributed by atoms with van der Waals surface area (Å²) in [5.41, 5.74) is 6.70. The molecule has 3 N–H and O–H groups in total. The van der Waals surface area contributed by atoms with Crippen LogP contribution in [0.2, 0.25) is 0 Å². The molecule has 0 aromatic heterocycles. The van der Waals surface area contributed by atoms with Crippen LogP contribution in [0.5, 0.6) is 5.75 Å². The Balaban J connectivity index is 2.06. The molecule has 1 aromatic carbocycles. The maximum Gasteiger partial charge on any atom is 0.253 e. The van der Waals surface area contributed by atoms with Gasteiger partial charge in [-0.1, -0.05) is 0 Å². The molecule has 1 aliphatic rings. The molecule has 0 bridgehead atoms. The van der Waals surface area contributed by atoms with Crippen LogP contribution in [0, 0.1) is 0 Å². The van der Waals surface area contributed by atoms with Gasteiger partial charge in [0.05, 0.1) is 24.8 Å². The maximum atomic E-state index is 12.2. The fraction of sp³-hybridized carbons (Fsp3) is 0.500. The minimum atomic E-state index is -0.195. The summed E-state index contributed by atoms with van der Waals surface area (Å²) in [6.45, 7) is 2.72. The van der Waals surface area contributed by atoms with Crippen LogP contribution in [0.15, 0.2) is 18.2 Å². The first-order valence-electron chi connectivity index (χ1n) is 6.48. The molecule has 1 heterocycles. The Labute approximate surface area is 113 Å². The third-order valence-electron chi connectivity index (χ3n) is 3.39. The first-order chi connectivity index (χ1) is 9.11. The van der Waals surface area contributed by atoms with Crippen molar-refractivity contribution in [3.8, 4) is 5.75 Å². The predicted octanol–water partition coefficient (Wildman–Crippen LogP) is 1.57. The van der Waals surface area contributed by atoms with Gasteiger partial charge in [-0.3, -0.25) is 4.79 Å². The summed E-state index contributed by atoms with van der Waals surface area (Å²) in [5.74, 6) is 0.420. The molecule has 0 aliphatic carbocycles.